The molecule has 0 amide bonds. The topological polar surface area (TPSA) is 63.9 Å². The van der Waals surface area contributed by atoms with E-state index in [1.54, 1.807) is 12.4 Å². The van der Waals surface area contributed by atoms with Crippen LogP contribution in [-0.4, -0.2) is 16.5 Å². The maximum absolute atomic E-state index is 6.15. The van der Waals surface area contributed by atoms with Gasteiger partial charge in [0.25, 0.3) is 0 Å². The van der Waals surface area contributed by atoms with Gasteiger partial charge in [0.1, 0.15) is 17.4 Å². The number of benzene rings is 2. The summed E-state index contributed by atoms with van der Waals surface area (Å²) in [5, 5.41) is 0.612. The summed E-state index contributed by atoms with van der Waals surface area (Å²) < 4.78 is 6.15. The first kappa shape index (κ1) is 13.9. The van der Waals surface area contributed by atoms with Crippen LogP contribution in [0.5, 0.6) is 5.75 Å². The normalized spacial score (nSPS) is 12.5. The third-order valence-electron chi connectivity index (χ3n) is 3.32. The number of H-pyrrole nitrogens is 1. The number of rotatable bonds is 5. The highest BCUT2D eigenvalue weighted by Gasteiger charge is 2.15. The van der Waals surface area contributed by atoms with Crippen LogP contribution in [0, 0.1) is 0 Å². The predicted octanol–water partition coefficient (Wildman–Crippen LogP) is 3.69. The Bertz CT molecular complexity index is 727. The Morgan fingerprint density at radius 3 is 2.81 bits per heavy atom. The van der Waals surface area contributed by atoms with Gasteiger partial charge in [-0.2, -0.15) is 0 Å². The number of imidazole rings is 1. The number of nitrogens with zero attached hydrogens (tertiary/aromatic N) is 1. The Balaban J connectivity index is 1.96. The second kappa shape index (κ2) is 6.16. The number of ether oxygens (including phenoxy) is 1. The molecule has 1 heterocycles. The van der Waals surface area contributed by atoms with Crippen molar-refractivity contribution >= 4 is 22.6 Å². The van der Waals surface area contributed by atoms with Crippen molar-refractivity contribution in [1.82, 2.24) is 9.97 Å². The molecule has 3 aromatic rings. The number of aromatic nitrogens is 2. The zero-order valence-electron chi connectivity index (χ0n) is 11.4. The Labute approximate surface area is 127 Å². The summed E-state index contributed by atoms with van der Waals surface area (Å²) >= 11 is 6.13. The number of halogens is 1. The highest BCUT2D eigenvalue weighted by molar-refractivity contribution is 6.31. The van der Waals surface area contributed by atoms with Crippen LogP contribution in [0.25, 0.3) is 11.0 Å². The van der Waals surface area contributed by atoms with E-state index >= 15 is 0 Å². The van der Waals surface area contributed by atoms with Gasteiger partial charge in [-0.25, -0.2) is 4.98 Å². The molecule has 2 aromatic carbocycles. The molecule has 0 radical (unpaired) electrons. The number of fused-ring (bicyclic) bond motifs is 1. The maximum Gasteiger partial charge on any atom is 0.149 e. The van der Waals surface area contributed by atoms with Crippen LogP contribution >= 0.6 is 11.6 Å². The van der Waals surface area contributed by atoms with E-state index in [1.165, 1.54) is 0 Å². The van der Waals surface area contributed by atoms with Gasteiger partial charge < -0.3 is 15.5 Å². The van der Waals surface area contributed by atoms with Crippen molar-refractivity contribution in [2.75, 3.05) is 6.54 Å². The molecule has 0 aliphatic heterocycles. The summed E-state index contributed by atoms with van der Waals surface area (Å²) in [4.78, 5) is 7.34. The molecule has 5 heteroatoms. The third-order valence-corrected chi connectivity index (χ3v) is 3.54. The molecule has 0 bridgehead atoms. The number of nitrogens with one attached hydrogen (secondary N) is 1. The monoisotopic (exact) mass is 301 g/mol. The van der Waals surface area contributed by atoms with E-state index in [9.17, 15) is 0 Å². The van der Waals surface area contributed by atoms with Gasteiger partial charge in [-0.1, -0.05) is 41.9 Å². The molecule has 0 saturated carbocycles. The van der Waals surface area contributed by atoms with Crippen molar-refractivity contribution < 1.29 is 4.74 Å². The number of aromatic amines is 1. The smallest absolute Gasteiger partial charge is 0.149 e. The Kier molecular flexibility index (Phi) is 4.08. The first-order chi connectivity index (χ1) is 10.3. The SMILES string of the molecule is NCC[C@@H](Oc1cc(Cl)cc2[nH]cnc12)c1ccccc1. The average Bonchev–Trinajstić information content (AvgIpc) is 2.96. The first-order valence-electron chi connectivity index (χ1n) is 6.82. The van der Waals surface area contributed by atoms with Gasteiger partial charge in [-0.05, 0) is 18.2 Å². The lowest BCUT2D eigenvalue weighted by Gasteiger charge is -2.19. The van der Waals surface area contributed by atoms with Crippen LogP contribution in [0.3, 0.4) is 0 Å². The van der Waals surface area contributed by atoms with Gasteiger partial charge in [0, 0.05) is 17.5 Å². The minimum absolute atomic E-state index is 0.116. The molecule has 4 nitrogen and oxygen atoms in total. The largest absolute Gasteiger partial charge is 0.483 e. The minimum Gasteiger partial charge on any atom is -0.483 e. The zero-order valence-corrected chi connectivity index (χ0v) is 12.2. The lowest BCUT2D eigenvalue weighted by Crippen LogP contribution is -2.13. The highest BCUT2D eigenvalue weighted by Crippen LogP contribution is 2.32. The lowest BCUT2D eigenvalue weighted by molar-refractivity contribution is 0.200. The zero-order chi connectivity index (χ0) is 14.7. The van der Waals surface area contributed by atoms with E-state index in [0.29, 0.717) is 17.3 Å². The van der Waals surface area contributed by atoms with Crippen molar-refractivity contribution in [2.24, 2.45) is 5.73 Å². The van der Waals surface area contributed by atoms with Crippen molar-refractivity contribution in [3.05, 3.63) is 59.4 Å². The van der Waals surface area contributed by atoms with Gasteiger partial charge in [0.2, 0.25) is 0 Å². The average molecular weight is 302 g/mol. The van der Waals surface area contributed by atoms with Crippen LogP contribution in [0.4, 0.5) is 0 Å². The quantitative estimate of drug-likeness (QED) is 0.755. The molecule has 0 aliphatic rings. The lowest BCUT2D eigenvalue weighted by atomic mass is 10.1. The van der Waals surface area contributed by atoms with Crippen LogP contribution in [0.2, 0.25) is 5.02 Å². The molecule has 0 saturated heterocycles. The predicted molar refractivity (Wildman–Crippen MR) is 84.6 cm³/mol. The molecule has 3 rings (SSSR count). The number of hydrogen-bond donors (Lipinski definition) is 2. The van der Waals surface area contributed by atoms with Crippen LogP contribution < -0.4 is 10.5 Å². The van der Waals surface area contributed by atoms with Gasteiger partial charge in [-0.15, -0.1) is 0 Å². The molecule has 1 aromatic heterocycles. The summed E-state index contributed by atoms with van der Waals surface area (Å²) in [5.74, 6) is 0.668. The molecule has 1 atom stereocenters. The summed E-state index contributed by atoms with van der Waals surface area (Å²) in [6.45, 7) is 0.545. The fraction of sp³-hybridized carbons (Fsp3) is 0.188. The maximum atomic E-state index is 6.15. The van der Waals surface area contributed by atoms with Crippen molar-refractivity contribution in [1.29, 1.82) is 0 Å². The second-order valence-electron chi connectivity index (χ2n) is 4.80. The molecule has 0 unspecified atom stereocenters. The van der Waals surface area contributed by atoms with Gasteiger partial charge in [0.05, 0.1) is 11.8 Å². The van der Waals surface area contributed by atoms with Crippen LogP contribution in [0.1, 0.15) is 18.1 Å². The van der Waals surface area contributed by atoms with E-state index in [1.807, 2.05) is 36.4 Å². The summed E-state index contributed by atoms with van der Waals surface area (Å²) in [6.07, 6.45) is 2.24. The number of hydrogen-bond acceptors (Lipinski definition) is 3. The van der Waals surface area contributed by atoms with Crippen LogP contribution in [0.15, 0.2) is 48.8 Å². The van der Waals surface area contributed by atoms with Crippen molar-refractivity contribution in [2.45, 2.75) is 12.5 Å². The molecule has 108 valence electrons. The summed E-state index contributed by atoms with van der Waals surface area (Å²) in [5.41, 5.74) is 8.44. The highest BCUT2D eigenvalue weighted by atomic mass is 35.5. The standard InChI is InChI=1S/C16H16ClN3O/c17-12-8-13-16(20-10-19-13)15(9-12)21-14(6-7-18)11-4-2-1-3-5-11/h1-5,8-10,14H,6-7,18H2,(H,19,20)/t14-/m1/s1. The molecule has 0 fully saturated rings. The van der Waals surface area contributed by atoms with E-state index < -0.39 is 0 Å². The van der Waals surface area contributed by atoms with Gasteiger partial charge >= 0.3 is 0 Å². The third kappa shape index (κ3) is 3.01. The van der Waals surface area contributed by atoms with E-state index in [-0.39, 0.29) is 6.10 Å². The summed E-state index contributed by atoms with van der Waals surface area (Å²) in [6, 6.07) is 13.6. The molecule has 3 N–H and O–H groups in total. The van der Waals surface area contributed by atoms with Gasteiger partial charge in [0.15, 0.2) is 0 Å². The van der Waals surface area contributed by atoms with Gasteiger partial charge in [-0.3, -0.25) is 0 Å². The molecule has 0 spiro atoms. The fourth-order valence-corrected chi connectivity index (χ4v) is 2.55. The Hall–Kier alpha value is -2.04. The van der Waals surface area contributed by atoms with E-state index in [2.05, 4.69) is 9.97 Å². The first-order valence-corrected chi connectivity index (χ1v) is 7.20. The van der Waals surface area contributed by atoms with E-state index in [0.717, 1.165) is 23.0 Å². The molecular weight excluding hydrogens is 286 g/mol. The van der Waals surface area contributed by atoms with Crippen molar-refractivity contribution in [3.8, 4) is 5.75 Å². The molecule has 0 aliphatic carbocycles. The van der Waals surface area contributed by atoms with E-state index in [4.69, 9.17) is 22.1 Å². The fourth-order valence-electron chi connectivity index (χ4n) is 2.34. The van der Waals surface area contributed by atoms with Crippen LogP contribution in [-0.2, 0) is 0 Å². The number of nitrogens with two attached hydrogens (primary N) is 1. The molecular formula is C16H16ClN3O. The summed E-state index contributed by atoms with van der Waals surface area (Å²) in [7, 11) is 0. The second-order valence-corrected chi connectivity index (χ2v) is 5.23. The Morgan fingerprint density at radius 1 is 1.24 bits per heavy atom. The van der Waals surface area contributed by atoms with Crippen molar-refractivity contribution in [3.63, 3.8) is 0 Å². The minimum atomic E-state index is -0.116. The molecule has 21 heavy (non-hydrogen) atoms. The Morgan fingerprint density at radius 2 is 2.05 bits per heavy atom.